The topological polar surface area (TPSA) is 0 Å². The molecule has 0 saturated heterocycles. The van der Waals surface area contributed by atoms with Crippen LogP contribution in [0.1, 0.15) is 59.3 Å². The van der Waals surface area contributed by atoms with E-state index < -0.39 is 0 Å². The fourth-order valence-corrected chi connectivity index (χ4v) is 3.36. The quantitative estimate of drug-likeness (QED) is 0.465. The number of hydrogen-bond acceptors (Lipinski definition) is 0. The summed E-state index contributed by atoms with van der Waals surface area (Å²) < 4.78 is 0. The van der Waals surface area contributed by atoms with Gasteiger partial charge >= 0.3 is 0 Å². The van der Waals surface area contributed by atoms with E-state index in [0.29, 0.717) is 5.41 Å². The van der Waals surface area contributed by atoms with Gasteiger partial charge in [0.05, 0.1) is 0 Å². The summed E-state index contributed by atoms with van der Waals surface area (Å²) in [5, 5.41) is 0. The number of unbranched alkanes of at least 4 members (excludes halogenated alkanes) is 1. The highest BCUT2D eigenvalue weighted by molar-refractivity contribution is 6.17. The lowest BCUT2D eigenvalue weighted by Crippen LogP contribution is -2.33. The van der Waals surface area contributed by atoms with Crippen molar-refractivity contribution in [1.82, 2.24) is 0 Å². The van der Waals surface area contributed by atoms with Crippen LogP contribution >= 0.6 is 11.6 Å². The van der Waals surface area contributed by atoms with E-state index in [9.17, 15) is 0 Å². The lowest BCUT2D eigenvalue weighted by Gasteiger charge is -2.43. The molecule has 1 rings (SSSR count). The molecule has 0 N–H and O–H groups in total. The Kier molecular flexibility index (Phi) is 4.76. The first-order valence-electron chi connectivity index (χ1n) is 6.14. The number of rotatable bonds is 4. The van der Waals surface area contributed by atoms with Gasteiger partial charge in [-0.2, -0.15) is 0 Å². The maximum atomic E-state index is 5.73. The third-order valence-electron chi connectivity index (χ3n) is 4.07. The van der Waals surface area contributed by atoms with Crippen LogP contribution in [-0.4, -0.2) is 5.88 Å². The molecule has 1 aliphatic carbocycles. The van der Waals surface area contributed by atoms with Crippen molar-refractivity contribution in [2.24, 2.45) is 17.3 Å². The Morgan fingerprint density at radius 2 is 2.00 bits per heavy atom. The van der Waals surface area contributed by atoms with Crippen LogP contribution in [0.15, 0.2) is 0 Å². The first-order chi connectivity index (χ1) is 6.58. The van der Waals surface area contributed by atoms with E-state index in [1.807, 2.05) is 0 Å². The van der Waals surface area contributed by atoms with Gasteiger partial charge in [0.1, 0.15) is 0 Å². The van der Waals surface area contributed by atoms with Crippen molar-refractivity contribution in [2.45, 2.75) is 59.3 Å². The van der Waals surface area contributed by atoms with E-state index in [1.54, 1.807) is 0 Å². The van der Waals surface area contributed by atoms with Crippen LogP contribution in [0.4, 0.5) is 0 Å². The van der Waals surface area contributed by atoms with Gasteiger partial charge in [-0.15, -0.1) is 11.6 Å². The van der Waals surface area contributed by atoms with Gasteiger partial charge in [0.25, 0.3) is 0 Å². The van der Waals surface area contributed by atoms with E-state index >= 15 is 0 Å². The number of hydrogen-bond donors (Lipinski definition) is 0. The van der Waals surface area contributed by atoms with Gasteiger partial charge in [-0.3, -0.25) is 0 Å². The van der Waals surface area contributed by atoms with Gasteiger partial charge in [-0.1, -0.05) is 40.0 Å². The normalized spacial score (nSPS) is 31.7. The summed E-state index contributed by atoms with van der Waals surface area (Å²) in [6.07, 6.45) is 8.20. The zero-order valence-corrected chi connectivity index (χ0v) is 10.7. The van der Waals surface area contributed by atoms with Crippen molar-refractivity contribution in [3.8, 4) is 0 Å². The highest BCUT2D eigenvalue weighted by Gasteiger charge is 2.35. The minimum Gasteiger partial charge on any atom is -0.127 e. The zero-order valence-electron chi connectivity index (χ0n) is 9.98. The number of alkyl halides is 1. The van der Waals surface area contributed by atoms with E-state index in [0.717, 1.165) is 17.7 Å². The molecule has 0 spiro atoms. The molecular weight excluding hydrogens is 192 g/mol. The van der Waals surface area contributed by atoms with Crippen LogP contribution in [0.25, 0.3) is 0 Å². The monoisotopic (exact) mass is 216 g/mol. The minimum atomic E-state index is 0.573. The van der Waals surface area contributed by atoms with E-state index in [2.05, 4.69) is 20.8 Å². The smallest absolute Gasteiger partial charge is 0.0223 e. The van der Waals surface area contributed by atoms with Crippen LogP contribution in [0, 0.1) is 17.3 Å². The van der Waals surface area contributed by atoms with Gasteiger partial charge in [-0.05, 0) is 36.5 Å². The Morgan fingerprint density at radius 3 is 2.57 bits per heavy atom. The average Bonchev–Trinajstić information content (AvgIpc) is 2.09. The molecule has 1 saturated carbocycles. The molecule has 14 heavy (non-hydrogen) atoms. The summed E-state index contributed by atoms with van der Waals surface area (Å²) in [5.41, 5.74) is 0.573. The first kappa shape index (κ1) is 12.4. The molecule has 84 valence electrons. The van der Waals surface area contributed by atoms with Crippen molar-refractivity contribution in [3.63, 3.8) is 0 Å². The lowest BCUT2D eigenvalue weighted by molar-refractivity contribution is 0.0746. The molecule has 0 aromatic rings. The first-order valence-corrected chi connectivity index (χ1v) is 6.67. The van der Waals surface area contributed by atoms with Gasteiger partial charge in [-0.25, -0.2) is 0 Å². The highest BCUT2D eigenvalue weighted by atomic mass is 35.5. The molecule has 2 unspecified atom stereocenters. The van der Waals surface area contributed by atoms with Crippen molar-refractivity contribution >= 4 is 11.6 Å². The molecular formula is C13H25Cl. The molecule has 0 aromatic carbocycles. The number of halogens is 1. The fourth-order valence-electron chi connectivity index (χ4n) is 3.17. The fraction of sp³-hybridized carbons (Fsp3) is 1.00. The SMILES string of the molecule is CC1CCCC(C)(C)C1CCCCCl. The summed E-state index contributed by atoms with van der Waals surface area (Å²) in [5.74, 6) is 2.69. The molecule has 0 amide bonds. The van der Waals surface area contributed by atoms with Crippen LogP contribution in [0.3, 0.4) is 0 Å². The molecule has 1 aliphatic rings. The second-order valence-corrected chi connectivity index (χ2v) is 6.03. The Bertz CT molecular complexity index is 163. The molecule has 2 atom stereocenters. The van der Waals surface area contributed by atoms with E-state index in [-0.39, 0.29) is 0 Å². The second kappa shape index (κ2) is 5.39. The predicted octanol–water partition coefficient (Wildman–Crippen LogP) is 4.86. The van der Waals surface area contributed by atoms with Gasteiger partial charge in [0.15, 0.2) is 0 Å². The summed E-state index contributed by atoms with van der Waals surface area (Å²) in [4.78, 5) is 0. The molecule has 0 heterocycles. The molecule has 0 aromatic heterocycles. The Hall–Kier alpha value is 0.290. The van der Waals surface area contributed by atoms with Crippen LogP contribution in [0.5, 0.6) is 0 Å². The van der Waals surface area contributed by atoms with E-state index in [1.165, 1.54) is 38.5 Å². The molecule has 0 radical (unpaired) electrons. The maximum absolute atomic E-state index is 5.73. The van der Waals surface area contributed by atoms with Crippen molar-refractivity contribution < 1.29 is 0 Å². The van der Waals surface area contributed by atoms with Crippen molar-refractivity contribution in [1.29, 1.82) is 0 Å². The van der Waals surface area contributed by atoms with Gasteiger partial charge in [0, 0.05) is 5.88 Å². The third-order valence-corrected chi connectivity index (χ3v) is 4.34. The summed E-state index contributed by atoms with van der Waals surface area (Å²) in [6.45, 7) is 7.34. The summed E-state index contributed by atoms with van der Waals surface area (Å²) in [6, 6.07) is 0. The molecule has 0 nitrogen and oxygen atoms in total. The molecule has 1 heteroatoms. The van der Waals surface area contributed by atoms with E-state index in [4.69, 9.17) is 11.6 Å². The minimum absolute atomic E-state index is 0.573. The van der Waals surface area contributed by atoms with Gasteiger partial charge < -0.3 is 0 Å². The molecule has 1 fully saturated rings. The second-order valence-electron chi connectivity index (χ2n) is 5.65. The highest BCUT2D eigenvalue weighted by Crippen LogP contribution is 2.46. The summed E-state index contributed by atoms with van der Waals surface area (Å²) in [7, 11) is 0. The molecule has 0 bridgehead atoms. The van der Waals surface area contributed by atoms with Crippen LogP contribution < -0.4 is 0 Å². The predicted molar refractivity (Wildman–Crippen MR) is 64.9 cm³/mol. The zero-order chi connectivity index (χ0) is 10.6. The Morgan fingerprint density at radius 1 is 1.29 bits per heavy atom. The van der Waals surface area contributed by atoms with Crippen LogP contribution in [-0.2, 0) is 0 Å². The molecule has 0 aliphatic heterocycles. The Labute approximate surface area is 94.4 Å². The van der Waals surface area contributed by atoms with Crippen LogP contribution in [0.2, 0.25) is 0 Å². The third kappa shape index (κ3) is 3.15. The Balaban J connectivity index is 2.44. The van der Waals surface area contributed by atoms with Gasteiger partial charge in [0.2, 0.25) is 0 Å². The summed E-state index contributed by atoms with van der Waals surface area (Å²) >= 11 is 5.73. The lowest BCUT2D eigenvalue weighted by atomic mass is 9.62. The largest absolute Gasteiger partial charge is 0.127 e. The van der Waals surface area contributed by atoms with Crippen molar-refractivity contribution in [2.75, 3.05) is 5.88 Å². The van der Waals surface area contributed by atoms with Crippen molar-refractivity contribution in [3.05, 3.63) is 0 Å². The standard InChI is InChI=1S/C13H25Cl/c1-11-7-6-9-13(2,3)12(11)8-4-5-10-14/h11-12H,4-10H2,1-3H3. The maximum Gasteiger partial charge on any atom is 0.0223 e. The average molecular weight is 217 g/mol.